The van der Waals surface area contributed by atoms with E-state index in [4.69, 9.17) is 23.4 Å². The number of carbonyl (C=O) groups excluding carboxylic acids is 1. The van der Waals surface area contributed by atoms with Crippen molar-refractivity contribution in [2.75, 3.05) is 0 Å². The Labute approximate surface area is 107 Å². The van der Waals surface area contributed by atoms with Crippen LogP contribution in [-0.2, 0) is 0 Å². The SMILES string of the molecule is O=C(Cl)c1cncc2c3ccccc3n(Cl)c12. The number of halogens is 2. The van der Waals surface area contributed by atoms with Gasteiger partial charge in [-0.05, 0) is 17.7 Å². The Hall–Kier alpha value is -1.58. The molecule has 0 unspecified atom stereocenters. The summed E-state index contributed by atoms with van der Waals surface area (Å²) in [6.07, 6.45) is 3.11. The maximum Gasteiger partial charge on any atom is 0.256 e. The minimum absolute atomic E-state index is 0.315. The summed E-state index contributed by atoms with van der Waals surface area (Å²) in [5.74, 6) is 0. The summed E-state index contributed by atoms with van der Waals surface area (Å²) in [5, 5.41) is 1.21. The molecule has 5 heteroatoms. The lowest BCUT2D eigenvalue weighted by Crippen LogP contribution is -1.94. The summed E-state index contributed by atoms with van der Waals surface area (Å²) in [4.78, 5) is 15.4. The van der Waals surface area contributed by atoms with Crippen LogP contribution in [0.25, 0.3) is 21.8 Å². The number of rotatable bonds is 1. The molecule has 84 valence electrons. The van der Waals surface area contributed by atoms with E-state index in [-0.39, 0.29) is 0 Å². The number of para-hydroxylation sites is 1. The van der Waals surface area contributed by atoms with E-state index in [0.29, 0.717) is 11.1 Å². The van der Waals surface area contributed by atoms with E-state index < -0.39 is 5.24 Å². The molecule has 0 amide bonds. The van der Waals surface area contributed by atoms with Crippen LogP contribution in [0.1, 0.15) is 10.4 Å². The van der Waals surface area contributed by atoms with Gasteiger partial charge in [0.2, 0.25) is 0 Å². The van der Waals surface area contributed by atoms with E-state index in [0.717, 1.165) is 16.3 Å². The third-order valence-corrected chi connectivity index (χ3v) is 3.29. The fourth-order valence-electron chi connectivity index (χ4n) is 2.00. The molecular weight excluding hydrogens is 259 g/mol. The molecule has 0 saturated carbocycles. The van der Waals surface area contributed by atoms with E-state index >= 15 is 0 Å². The van der Waals surface area contributed by atoms with E-state index in [1.165, 1.54) is 10.3 Å². The van der Waals surface area contributed by atoms with Gasteiger partial charge in [0.15, 0.2) is 0 Å². The molecule has 0 N–H and O–H groups in total. The van der Waals surface area contributed by atoms with Crippen LogP contribution in [0, 0.1) is 0 Å². The highest BCUT2D eigenvalue weighted by atomic mass is 35.5. The second-order valence-electron chi connectivity index (χ2n) is 3.65. The molecule has 0 atom stereocenters. The molecule has 0 spiro atoms. The van der Waals surface area contributed by atoms with Crippen LogP contribution in [0.3, 0.4) is 0 Å². The molecule has 17 heavy (non-hydrogen) atoms. The van der Waals surface area contributed by atoms with Crippen molar-refractivity contribution in [2.45, 2.75) is 0 Å². The summed E-state index contributed by atoms with van der Waals surface area (Å²) in [6, 6.07) is 7.61. The van der Waals surface area contributed by atoms with Crippen molar-refractivity contribution in [3.8, 4) is 0 Å². The van der Waals surface area contributed by atoms with Crippen LogP contribution in [0.4, 0.5) is 0 Å². The number of carbonyl (C=O) groups is 1. The fraction of sp³-hybridized carbons (Fsp3) is 0. The van der Waals surface area contributed by atoms with Gasteiger partial charge in [-0.25, -0.2) is 0 Å². The van der Waals surface area contributed by atoms with Gasteiger partial charge in [0.1, 0.15) is 0 Å². The predicted octanol–water partition coefficient (Wildman–Crippen LogP) is 3.57. The third-order valence-electron chi connectivity index (χ3n) is 2.73. The van der Waals surface area contributed by atoms with Gasteiger partial charge in [0, 0.05) is 34.9 Å². The highest BCUT2D eigenvalue weighted by Crippen LogP contribution is 2.31. The average Bonchev–Trinajstić information content (AvgIpc) is 2.64. The van der Waals surface area contributed by atoms with Gasteiger partial charge in [-0.1, -0.05) is 18.2 Å². The Bertz CT molecular complexity index is 749. The topological polar surface area (TPSA) is 34.9 Å². The van der Waals surface area contributed by atoms with Gasteiger partial charge in [0.05, 0.1) is 16.6 Å². The lowest BCUT2D eigenvalue weighted by molar-refractivity contribution is 0.108. The molecule has 0 aliphatic rings. The Kier molecular flexibility index (Phi) is 2.31. The summed E-state index contributed by atoms with van der Waals surface area (Å²) < 4.78 is 1.45. The number of fused-ring (bicyclic) bond motifs is 3. The van der Waals surface area contributed by atoms with Crippen LogP contribution < -0.4 is 0 Å². The summed E-state index contributed by atoms with van der Waals surface area (Å²) in [6.45, 7) is 0. The number of hydrogen-bond donors (Lipinski definition) is 0. The first kappa shape index (κ1) is 10.6. The zero-order chi connectivity index (χ0) is 12.0. The smallest absolute Gasteiger partial charge is 0.256 e. The molecule has 0 aliphatic carbocycles. The Morgan fingerprint density at radius 2 is 1.94 bits per heavy atom. The van der Waals surface area contributed by atoms with E-state index in [9.17, 15) is 4.79 Å². The first-order valence-corrected chi connectivity index (χ1v) is 5.65. The lowest BCUT2D eigenvalue weighted by Gasteiger charge is -1.98. The van der Waals surface area contributed by atoms with Gasteiger partial charge < -0.3 is 0 Å². The zero-order valence-corrected chi connectivity index (χ0v) is 10.0. The van der Waals surface area contributed by atoms with Crippen molar-refractivity contribution in [2.24, 2.45) is 0 Å². The molecule has 1 aromatic carbocycles. The molecule has 0 radical (unpaired) electrons. The van der Waals surface area contributed by atoms with Crippen LogP contribution >= 0.6 is 23.4 Å². The lowest BCUT2D eigenvalue weighted by atomic mass is 10.1. The molecule has 2 aromatic heterocycles. The summed E-state index contributed by atoms with van der Waals surface area (Å²) in [7, 11) is 0. The standard InChI is InChI=1S/C12H6Cl2N2O/c13-12(17)9-6-15-5-8-7-3-1-2-4-10(7)16(14)11(8)9/h1-6H. The largest absolute Gasteiger partial charge is 0.275 e. The molecule has 2 heterocycles. The average molecular weight is 265 g/mol. The summed E-state index contributed by atoms with van der Waals surface area (Å²) >= 11 is 11.7. The first-order chi connectivity index (χ1) is 8.20. The Morgan fingerprint density at radius 1 is 1.18 bits per heavy atom. The van der Waals surface area contributed by atoms with Gasteiger partial charge in [-0.2, -0.15) is 0 Å². The molecule has 0 bridgehead atoms. The van der Waals surface area contributed by atoms with Gasteiger partial charge in [-0.3, -0.25) is 13.9 Å². The fourth-order valence-corrected chi connectivity index (χ4v) is 2.47. The number of pyridine rings is 1. The molecule has 0 fully saturated rings. The maximum absolute atomic E-state index is 11.3. The molecule has 3 rings (SSSR count). The minimum atomic E-state index is -0.562. The molecule has 3 nitrogen and oxygen atoms in total. The number of nitrogens with zero attached hydrogens (tertiary/aromatic N) is 2. The second kappa shape index (κ2) is 3.72. The third kappa shape index (κ3) is 1.43. The van der Waals surface area contributed by atoms with Crippen molar-refractivity contribution in [1.29, 1.82) is 0 Å². The van der Waals surface area contributed by atoms with Crippen molar-refractivity contribution in [1.82, 2.24) is 9.07 Å². The molecular formula is C12H6Cl2N2O. The number of aromatic nitrogens is 2. The normalized spacial score (nSPS) is 11.2. The molecule has 0 aliphatic heterocycles. The first-order valence-electron chi connectivity index (χ1n) is 4.93. The zero-order valence-electron chi connectivity index (χ0n) is 8.52. The van der Waals surface area contributed by atoms with Crippen LogP contribution in [-0.4, -0.2) is 14.3 Å². The predicted molar refractivity (Wildman–Crippen MR) is 68.7 cm³/mol. The van der Waals surface area contributed by atoms with E-state index in [1.807, 2.05) is 24.3 Å². The van der Waals surface area contributed by atoms with Gasteiger partial charge in [0.25, 0.3) is 5.24 Å². The van der Waals surface area contributed by atoms with Crippen molar-refractivity contribution < 1.29 is 4.79 Å². The summed E-state index contributed by atoms with van der Waals surface area (Å²) in [5.41, 5.74) is 1.74. The Balaban J connectivity index is 2.61. The maximum atomic E-state index is 11.3. The van der Waals surface area contributed by atoms with Gasteiger partial charge >= 0.3 is 0 Å². The number of benzene rings is 1. The molecule has 3 aromatic rings. The Morgan fingerprint density at radius 3 is 2.71 bits per heavy atom. The quantitative estimate of drug-likeness (QED) is 0.630. The number of hydrogen-bond acceptors (Lipinski definition) is 2. The van der Waals surface area contributed by atoms with E-state index in [1.54, 1.807) is 6.20 Å². The second-order valence-corrected chi connectivity index (χ2v) is 4.34. The molecule has 0 saturated heterocycles. The highest BCUT2D eigenvalue weighted by molar-refractivity contribution is 6.68. The monoisotopic (exact) mass is 264 g/mol. The minimum Gasteiger partial charge on any atom is -0.275 e. The van der Waals surface area contributed by atoms with Crippen molar-refractivity contribution in [3.05, 3.63) is 42.2 Å². The van der Waals surface area contributed by atoms with Gasteiger partial charge in [-0.15, -0.1) is 0 Å². The van der Waals surface area contributed by atoms with Crippen LogP contribution in [0.5, 0.6) is 0 Å². The van der Waals surface area contributed by atoms with Crippen LogP contribution in [0.15, 0.2) is 36.7 Å². The van der Waals surface area contributed by atoms with E-state index in [2.05, 4.69) is 4.98 Å². The highest BCUT2D eigenvalue weighted by Gasteiger charge is 2.16. The van der Waals surface area contributed by atoms with Crippen molar-refractivity contribution in [3.63, 3.8) is 0 Å². The van der Waals surface area contributed by atoms with Crippen molar-refractivity contribution >= 4 is 50.4 Å². The van der Waals surface area contributed by atoms with Crippen LogP contribution in [0.2, 0.25) is 0 Å².